The highest BCUT2D eigenvalue weighted by molar-refractivity contribution is 7.80. The van der Waals surface area contributed by atoms with Gasteiger partial charge < -0.3 is 24.2 Å². The first-order valence-corrected chi connectivity index (χ1v) is 13.3. The first-order valence-electron chi connectivity index (χ1n) is 12.0. The molecule has 0 fully saturated rings. The second-order valence-corrected chi connectivity index (χ2v) is 11.4. The van der Waals surface area contributed by atoms with Crippen LogP contribution in [0.25, 0.3) is 0 Å². The average molecular weight is 513 g/mol. The van der Waals surface area contributed by atoms with Crippen LogP contribution in [0.5, 0.6) is 17.2 Å². The minimum absolute atomic E-state index is 0.256. The van der Waals surface area contributed by atoms with Gasteiger partial charge in [-0.15, -0.1) is 0 Å². The second kappa shape index (κ2) is 12.6. The first-order chi connectivity index (χ1) is 17.3. The summed E-state index contributed by atoms with van der Waals surface area (Å²) in [5, 5.41) is 14.4. The lowest BCUT2D eigenvalue weighted by molar-refractivity contribution is -0.177. The topological polar surface area (TPSA) is 66.4 Å². The Hall–Kier alpha value is -2.63. The van der Waals surface area contributed by atoms with Crippen LogP contribution in [0.2, 0.25) is 0 Å². The molecule has 0 bridgehead atoms. The Bertz CT molecular complexity index is 1050. The zero-order valence-corrected chi connectivity index (χ0v) is 23.1. The van der Waals surface area contributed by atoms with Crippen molar-refractivity contribution in [2.45, 2.75) is 46.3 Å². The van der Waals surface area contributed by atoms with Gasteiger partial charge in [0.1, 0.15) is 11.5 Å². The van der Waals surface area contributed by atoms with E-state index in [1.165, 1.54) is 7.11 Å². The molecule has 0 aliphatic heterocycles. The van der Waals surface area contributed by atoms with Gasteiger partial charge >= 0.3 is 0 Å². The minimum atomic E-state index is -1.40. The van der Waals surface area contributed by atoms with Crippen molar-refractivity contribution in [2.75, 3.05) is 27.9 Å². The number of hydrogen-bond acceptors (Lipinski definition) is 6. The van der Waals surface area contributed by atoms with Crippen molar-refractivity contribution in [3.63, 3.8) is 0 Å². The molecular weight excluding hydrogens is 475 g/mol. The van der Waals surface area contributed by atoms with Crippen LogP contribution < -0.4 is 25.5 Å². The number of aromatic hydroxyl groups is 1. The summed E-state index contributed by atoms with van der Waals surface area (Å²) in [5.74, 6) is 1.57. The Morgan fingerprint density at radius 2 is 1.33 bits per heavy atom. The van der Waals surface area contributed by atoms with E-state index in [1.54, 1.807) is 14.2 Å². The van der Waals surface area contributed by atoms with E-state index in [0.717, 1.165) is 38.4 Å². The Morgan fingerprint density at radius 3 is 1.86 bits per heavy atom. The van der Waals surface area contributed by atoms with Crippen molar-refractivity contribution in [1.29, 1.82) is 0 Å². The SMILES string of the molecule is CCOc1cccc(COC)c1P(c1cccc(C(C)(C)C)c1O)c1c(COC)cccc1OOC. The fourth-order valence-corrected chi connectivity index (χ4v) is 7.10. The van der Waals surface area contributed by atoms with E-state index in [2.05, 4.69) is 20.8 Å². The van der Waals surface area contributed by atoms with Crippen LogP contribution in [0.4, 0.5) is 0 Å². The van der Waals surface area contributed by atoms with Crippen molar-refractivity contribution < 1.29 is 29.1 Å². The van der Waals surface area contributed by atoms with E-state index >= 15 is 0 Å². The molecule has 1 N–H and O–H groups in total. The van der Waals surface area contributed by atoms with Crippen molar-refractivity contribution in [1.82, 2.24) is 0 Å². The van der Waals surface area contributed by atoms with E-state index in [-0.39, 0.29) is 11.2 Å². The molecule has 0 aliphatic rings. The highest BCUT2D eigenvalue weighted by Gasteiger charge is 2.33. The van der Waals surface area contributed by atoms with Gasteiger partial charge in [0.25, 0.3) is 0 Å². The quantitative estimate of drug-likeness (QED) is 0.220. The molecule has 3 aromatic carbocycles. The monoisotopic (exact) mass is 512 g/mol. The Balaban J connectivity index is 2.49. The maximum Gasteiger partial charge on any atom is 0.174 e. The van der Waals surface area contributed by atoms with Gasteiger partial charge in [-0.25, -0.2) is 0 Å². The van der Waals surface area contributed by atoms with Crippen LogP contribution in [0.15, 0.2) is 54.6 Å². The number of phenols is 1. The lowest BCUT2D eigenvalue weighted by Gasteiger charge is -2.30. The lowest BCUT2D eigenvalue weighted by atomic mass is 9.86. The van der Waals surface area contributed by atoms with E-state index in [1.807, 2.05) is 61.5 Å². The van der Waals surface area contributed by atoms with E-state index in [9.17, 15) is 5.11 Å². The number of rotatable bonds is 11. The maximum absolute atomic E-state index is 11.7. The average Bonchev–Trinajstić information content (AvgIpc) is 2.83. The van der Waals surface area contributed by atoms with Gasteiger partial charge in [0.15, 0.2) is 5.75 Å². The fourth-order valence-electron chi connectivity index (χ4n) is 4.29. The Morgan fingerprint density at radius 1 is 0.778 bits per heavy atom. The van der Waals surface area contributed by atoms with Gasteiger partial charge in [-0.3, -0.25) is 0 Å². The smallest absolute Gasteiger partial charge is 0.174 e. The number of ether oxygens (including phenoxy) is 3. The number of para-hydroxylation sites is 1. The summed E-state index contributed by atoms with van der Waals surface area (Å²) >= 11 is 0. The van der Waals surface area contributed by atoms with Crippen molar-refractivity contribution in [2.24, 2.45) is 0 Å². The summed E-state index contributed by atoms with van der Waals surface area (Å²) in [5.41, 5.74) is 2.53. The first kappa shape index (κ1) is 27.9. The molecule has 6 nitrogen and oxygen atoms in total. The van der Waals surface area contributed by atoms with E-state index < -0.39 is 7.92 Å². The zero-order valence-electron chi connectivity index (χ0n) is 22.3. The van der Waals surface area contributed by atoms with Gasteiger partial charge in [-0.1, -0.05) is 63.2 Å². The number of phenolic OH excluding ortho intramolecular Hbond substituents is 1. The van der Waals surface area contributed by atoms with Gasteiger partial charge in [-0.2, -0.15) is 4.89 Å². The van der Waals surface area contributed by atoms with Crippen molar-refractivity contribution >= 4 is 23.8 Å². The third-order valence-electron chi connectivity index (χ3n) is 5.75. The summed E-state index contributed by atoms with van der Waals surface area (Å²) in [6.07, 6.45) is 0. The molecule has 0 saturated heterocycles. The zero-order chi connectivity index (χ0) is 26.3. The molecule has 1 atom stereocenters. The molecule has 0 heterocycles. The molecule has 7 heteroatoms. The van der Waals surface area contributed by atoms with Crippen LogP contribution in [-0.2, 0) is 33.0 Å². The third kappa shape index (κ3) is 6.01. The Kier molecular flexibility index (Phi) is 9.75. The normalized spacial score (nSPS) is 12.4. The number of benzene rings is 3. The molecule has 3 aromatic rings. The van der Waals surface area contributed by atoms with E-state index in [4.69, 9.17) is 24.0 Å². The molecule has 0 aromatic heterocycles. The van der Waals surface area contributed by atoms with E-state index in [0.29, 0.717) is 25.6 Å². The van der Waals surface area contributed by atoms with Gasteiger partial charge in [0.2, 0.25) is 0 Å². The van der Waals surface area contributed by atoms with Crippen molar-refractivity contribution in [3.05, 3.63) is 71.3 Å². The minimum Gasteiger partial charge on any atom is -0.507 e. The second-order valence-electron chi connectivity index (χ2n) is 9.34. The predicted molar refractivity (Wildman–Crippen MR) is 146 cm³/mol. The van der Waals surface area contributed by atoms with Crippen molar-refractivity contribution in [3.8, 4) is 17.2 Å². The van der Waals surface area contributed by atoms with Crippen LogP contribution >= 0.6 is 7.92 Å². The highest BCUT2D eigenvalue weighted by Crippen LogP contribution is 2.46. The third-order valence-corrected chi connectivity index (χ3v) is 8.50. The molecule has 0 radical (unpaired) electrons. The fraction of sp³-hybridized carbons (Fsp3) is 0.379. The molecule has 0 saturated carbocycles. The van der Waals surface area contributed by atoms with Gasteiger partial charge in [0.05, 0.1) is 26.9 Å². The summed E-state index contributed by atoms with van der Waals surface area (Å²) in [7, 11) is 3.42. The largest absolute Gasteiger partial charge is 0.507 e. The molecule has 0 spiro atoms. The molecule has 1 unspecified atom stereocenters. The molecule has 0 aliphatic carbocycles. The summed E-state index contributed by atoms with van der Waals surface area (Å²) in [4.78, 5) is 10.8. The summed E-state index contributed by atoms with van der Waals surface area (Å²) in [6, 6.07) is 17.7. The van der Waals surface area contributed by atoms with Crippen LogP contribution in [0.1, 0.15) is 44.4 Å². The van der Waals surface area contributed by atoms with Crippen LogP contribution in [0.3, 0.4) is 0 Å². The van der Waals surface area contributed by atoms with Gasteiger partial charge in [0, 0.05) is 30.1 Å². The standard InChI is InChI=1S/C29H37O6P/c1-8-34-23-15-9-12-20(18-31-5)27(23)36(25-17-11-14-22(26(25)30)29(2,3)4)28-21(19-32-6)13-10-16-24(28)35-33-7/h9-17,30H,8,18-19H2,1-7H3. The number of hydrogen-bond donors (Lipinski definition) is 1. The summed E-state index contributed by atoms with van der Waals surface area (Å²) < 4.78 is 17.3. The molecular formula is C29H37O6P. The van der Waals surface area contributed by atoms with Gasteiger partial charge in [-0.05, 0) is 49.1 Å². The summed E-state index contributed by atoms with van der Waals surface area (Å²) in [6.45, 7) is 9.50. The Labute approximate surface area is 215 Å². The van der Waals surface area contributed by atoms with Crippen LogP contribution in [0, 0.1) is 0 Å². The lowest BCUT2D eigenvalue weighted by Crippen LogP contribution is -2.29. The molecule has 0 amide bonds. The number of methoxy groups -OCH3 is 2. The van der Waals surface area contributed by atoms with Crippen LogP contribution in [-0.4, -0.2) is 33.0 Å². The molecule has 36 heavy (non-hydrogen) atoms. The molecule has 194 valence electrons. The molecule has 3 rings (SSSR count). The predicted octanol–water partition coefficient (Wildman–Crippen LogP) is 5.08. The maximum atomic E-state index is 11.7. The highest BCUT2D eigenvalue weighted by atomic mass is 31.1.